The number of carbonyl (C=O) groups excluding carboxylic acids is 1. The summed E-state index contributed by atoms with van der Waals surface area (Å²) in [4.78, 5) is 21.1. The van der Waals surface area contributed by atoms with Crippen LogP contribution in [0.25, 0.3) is 11.0 Å². The number of rotatable bonds is 2. The molecular formula is C16H19ClN4O. The van der Waals surface area contributed by atoms with E-state index < -0.39 is 0 Å². The number of fused-ring (bicyclic) bond motifs is 3. The third-order valence-corrected chi connectivity index (χ3v) is 4.55. The topological polar surface area (TPSA) is 66.9 Å². The number of carbonyl (C=O) groups is 1. The molecule has 3 heterocycles. The summed E-state index contributed by atoms with van der Waals surface area (Å²) in [5, 5.41) is 6.77. The summed E-state index contributed by atoms with van der Waals surface area (Å²) in [6.07, 6.45) is 7.79. The predicted octanol–water partition coefficient (Wildman–Crippen LogP) is 2.06. The Balaban J connectivity index is 0.00000144. The van der Waals surface area contributed by atoms with Crippen molar-refractivity contribution < 1.29 is 4.79 Å². The normalized spacial score (nSPS) is 26.5. The Morgan fingerprint density at radius 2 is 1.86 bits per heavy atom. The predicted molar refractivity (Wildman–Crippen MR) is 87.2 cm³/mol. The zero-order chi connectivity index (χ0) is 14.2. The minimum Gasteiger partial charge on any atom is -0.349 e. The average Bonchev–Trinajstić information content (AvgIpc) is 2.85. The summed E-state index contributed by atoms with van der Waals surface area (Å²) in [5.41, 5.74) is 2.05. The second kappa shape index (κ2) is 6.18. The maximum atomic E-state index is 12.6. The molecule has 2 saturated heterocycles. The maximum Gasteiger partial charge on any atom is 0.253 e. The van der Waals surface area contributed by atoms with Gasteiger partial charge in [-0.15, -0.1) is 12.4 Å². The van der Waals surface area contributed by atoms with Gasteiger partial charge < -0.3 is 10.6 Å². The third-order valence-electron chi connectivity index (χ3n) is 4.55. The molecule has 2 aliphatic heterocycles. The Morgan fingerprint density at radius 1 is 1.14 bits per heavy atom. The molecular weight excluding hydrogens is 300 g/mol. The van der Waals surface area contributed by atoms with Crippen molar-refractivity contribution in [2.24, 2.45) is 0 Å². The van der Waals surface area contributed by atoms with Gasteiger partial charge in [0.25, 0.3) is 5.91 Å². The van der Waals surface area contributed by atoms with Crippen LogP contribution < -0.4 is 10.6 Å². The van der Waals surface area contributed by atoms with Gasteiger partial charge in [0.2, 0.25) is 0 Å². The van der Waals surface area contributed by atoms with Crippen LogP contribution in [0, 0.1) is 0 Å². The molecule has 2 atom stereocenters. The van der Waals surface area contributed by atoms with Gasteiger partial charge in [0.1, 0.15) is 5.52 Å². The summed E-state index contributed by atoms with van der Waals surface area (Å²) >= 11 is 0. The minimum absolute atomic E-state index is 0. The van der Waals surface area contributed by atoms with Crippen molar-refractivity contribution in [2.45, 2.75) is 43.8 Å². The number of aromatic nitrogens is 2. The highest BCUT2D eigenvalue weighted by Crippen LogP contribution is 2.27. The van der Waals surface area contributed by atoms with Crippen LogP contribution in [0.1, 0.15) is 36.0 Å². The van der Waals surface area contributed by atoms with E-state index in [4.69, 9.17) is 0 Å². The lowest BCUT2D eigenvalue weighted by atomic mass is 9.99. The monoisotopic (exact) mass is 318 g/mol. The van der Waals surface area contributed by atoms with E-state index in [1.54, 1.807) is 12.4 Å². The molecule has 1 aromatic heterocycles. The molecule has 0 radical (unpaired) electrons. The van der Waals surface area contributed by atoms with Gasteiger partial charge in [-0.05, 0) is 37.8 Å². The first-order chi connectivity index (χ1) is 10.3. The lowest BCUT2D eigenvalue weighted by molar-refractivity contribution is 0.0925. The van der Waals surface area contributed by atoms with Gasteiger partial charge >= 0.3 is 0 Å². The fourth-order valence-electron chi connectivity index (χ4n) is 3.61. The van der Waals surface area contributed by atoms with Gasteiger partial charge in [-0.1, -0.05) is 6.07 Å². The molecule has 2 fully saturated rings. The summed E-state index contributed by atoms with van der Waals surface area (Å²) in [5.74, 6) is -0.0348. The Bertz CT molecular complexity index is 675. The van der Waals surface area contributed by atoms with E-state index in [1.807, 2.05) is 18.2 Å². The number of hydrogen-bond donors (Lipinski definition) is 2. The number of benzene rings is 1. The minimum atomic E-state index is -0.0348. The van der Waals surface area contributed by atoms with Crippen LogP contribution in [0.3, 0.4) is 0 Å². The van der Waals surface area contributed by atoms with Gasteiger partial charge in [0, 0.05) is 30.5 Å². The number of para-hydroxylation sites is 1. The fraction of sp³-hybridized carbons (Fsp3) is 0.438. The lowest BCUT2D eigenvalue weighted by Crippen LogP contribution is -2.48. The van der Waals surface area contributed by atoms with E-state index in [0.717, 1.165) is 18.4 Å². The molecule has 0 spiro atoms. The second-order valence-electron chi connectivity index (χ2n) is 6.01. The Morgan fingerprint density at radius 3 is 2.64 bits per heavy atom. The van der Waals surface area contributed by atoms with E-state index in [9.17, 15) is 4.79 Å². The van der Waals surface area contributed by atoms with Crippen molar-refractivity contribution in [1.82, 2.24) is 20.6 Å². The second-order valence-corrected chi connectivity index (χ2v) is 6.01. The standard InChI is InChI=1S/C16H18N4O.ClH/c21-16(20-12-8-10-4-5-11(9-12)19-10)13-2-1-3-14-15(13)18-7-6-17-14;/h1-3,6-7,10-12,19H,4-5,8-9H2,(H,20,21);1H. The van der Waals surface area contributed by atoms with Crippen LogP contribution in [0.15, 0.2) is 30.6 Å². The highest BCUT2D eigenvalue weighted by molar-refractivity contribution is 6.04. The van der Waals surface area contributed by atoms with Crippen molar-refractivity contribution in [2.75, 3.05) is 0 Å². The SMILES string of the molecule is Cl.O=C(NC1CC2CCC(C1)N2)c1cccc2nccnc12. The number of hydrogen-bond acceptors (Lipinski definition) is 4. The zero-order valence-electron chi connectivity index (χ0n) is 12.2. The summed E-state index contributed by atoms with van der Waals surface area (Å²) in [7, 11) is 0. The van der Waals surface area contributed by atoms with Crippen molar-refractivity contribution in [3.8, 4) is 0 Å². The smallest absolute Gasteiger partial charge is 0.253 e. The van der Waals surface area contributed by atoms with Crippen LogP contribution in [0.5, 0.6) is 0 Å². The zero-order valence-corrected chi connectivity index (χ0v) is 13.0. The maximum absolute atomic E-state index is 12.6. The van der Waals surface area contributed by atoms with Crippen LogP contribution in [0.2, 0.25) is 0 Å². The van der Waals surface area contributed by atoms with Crippen LogP contribution in [-0.2, 0) is 0 Å². The van der Waals surface area contributed by atoms with Gasteiger partial charge in [0.15, 0.2) is 0 Å². The first kappa shape index (κ1) is 15.2. The van der Waals surface area contributed by atoms with E-state index in [2.05, 4.69) is 20.6 Å². The largest absolute Gasteiger partial charge is 0.349 e. The summed E-state index contributed by atoms with van der Waals surface area (Å²) in [6, 6.07) is 6.97. The highest BCUT2D eigenvalue weighted by Gasteiger charge is 2.34. The number of piperidine rings is 1. The lowest BCUT2D eigenvalue weighted by Gasteiger charge is -2.29. The van der Waals surface area contributed by atoms with E-state index in [1.165, 1.54) is 12.8 Å². The van der Waals surface area contributed by atoms with E-state index in [0.29, 0.717) is 23.2 Å². The number of halogens is 1. The quantitative estimate of drug-likeness (QED) is 0.889. The molecule has 2 aliphatic rings. The van der Waals surface area contributed by atoms with Crippen LogP contribution in [-0.4, -0.2) is 34.0 Å². The van der Waals surface area contributed by atoms with Crippen molar-refractivity contribution in [1.29, 1.82) is 0 Å². The van der Waals surface area contributed by atoms with Crippen LogP contribution in [0.4, 0.5) is 0 Å². The number of nitrogens with one attached hydrogen (secondary N) is 2. The molecule has 1 aromatic carbocycles. The molecule has 0 saturated carbocycles. The van der Waals surface area contributed by atoms with Crippen LogP contribution >= 0.6 is 12.4 Å². The first-order valence-corrected chi connectivity index (χ1v) is 7.56. The summed E-state index contributed by atoms with van der Waals surface area (Å²) in [6.45, 7) is 0. The molecule has 22 heavy (non-hydrogen) atoms. The van der Waals surface area contributed by atoms with E-state index in [-0.39, 0.29) is 24.4 Å². The third kappa shape index (κ3) is 2.78. The molecule has 1 amide bonds. The van der Waals surface area contributed by atoms with Gasteiger partial charge in [-0.3, -0.25) is 14.8 Å². The molecule has 6 heteroatoms. The van der Waals surface area contributed by atoms with Crippen molar-refractivity contribution >= 4 is 29.3 Å². The van der Waals surface area contributed by atoms with Gasteiger partial charge in [0.05, 0.1) is 11.1 Å². The number of amides is 1. The number of nitrogens with zero attached hydrogens (tertiary/aromatic N) is 2. The van der Waals surface area contributed by atoms with E-state index >= 15 is 0 Å². The highest BCUT2D eigenvalue weighted by atomic mass is 35.5. The average molecular weight is 319 g/mol. The van der Waals surface area contributed by atoms with Crippen molar-refractivity contribution in [3.63, 3.8) is 0 Å². The molecule has 4 rings (SSSR count). The molecule has 2 aromatic rings. The van der Waals surface area contributed by atoms with Crippen molar-refractivity contribution in [3.05, 3.63) is 36.2 Å². The molecule has 2 unspecified atom stereocenters. The Kier molecular flexibility index (Phi) is 4.27. The Hall–Kier alpha value is -1.72. The molecule has 2 bridgehead atoms. The molecule has 116 valence electrons. The molecule has 2 N–H and O–H groups in total. The molecule has 0 aliphatic carbocycles. The van der Waals surface area contributed by atoms with Gasteiger partial charge in [-0.2, -0.15) is 0 Å². The Labute approximate surface area is 135 Å². The first-order valence-electron chi connectivity index (χ1n) is 7.56. The fourth-order valence-corrected chi connectivity index (χ4v) is 3.61. The molecule has 5 nitrogen and oxygen atoms in total. The van der Waals surface area contributed by atoms with Gasteiger partial charge in [-0.25, -0.2) is 0 Å². The summed E-state index contributed by atoms with van der Waals surface area (Å²) < 4.78 is 0.